The van der Waals surface area contributed by atoms with Crippen LogP contribution in [-0.4, -0.2) is 32.1 Å². The lowest BCUT2D eigenvalue weighted by atomic mass is 10.1. The van der Waals surface area contributed by atoms with E-state index in [1.54, 1.807) is 6.92 Å². The average molecular weight is 320 g/mol. The van der Waals surface area contributed by atoms with Crippen LogP contribution in [-0.2, 0) is 4.79 Å². The Morgan fingerprint density at radius 1 is 1.15 bits per heavy atom. The molecule has 1 aromatic rings. The highest BCUT2D eigenvalue weighted by atomic mass is 35.5. The second-order valence-corrected chi connectivity index (χ2v) is 5.03. The predicted octanol–water partition coefficient (Wildman–Crippen LogP) is -6.96. The van der Waals surface area contributed by atoms with Gasteiger partial charge in [-0.2, -0.15) is 5.01 Å². The summed E-state index contributed by atoms with van der Waals surface area (Å²) in [7, 11) is 0. The molecule has 1 amide bonds. The first-order valence-electron chi connectivity index (χ1n) is 6.64. The fourth-order valence-corrected chi connectivity index (χ4v) is 2.73. The Kier molecular flexibility index (Phi) is 8.13. The van der Waals surface area contributed by atoms with Gasteiger partial charge in [-0.05, 0) is 25.0 Å². The molecule has 1 aliphatic rings. The average Bonchev–Trinajstić information content (AvgIpc) is 2.34. The molecular weight excluding hydrogens is 297 g/mol. The van der Waals surface area contributed by atoms with Gasteiger partial charge in [0.25, 0.3) is 5.91 Å². The molecule has 0 aromatic heterocycles. The molecule has 0 radical (unpaired) electrons. The number of nitrogens with two attached hydrogens (primary N) is 1. The number of piperazine rings is 1. The first-order chi connectivity index (χ1) is 8.61. The lowest BCUT2D eigenvalue weighted by molar-refractivity contribution is -0.948. The minimum atomic E-state index is 0. The highest BCUT2D eigenvalue weighted by Gasteiger charge is 2.29. The number of carbonyl (C=O) groups excluding carboxylic acids is 1. The van der Waals surface area contributed by atoms with Gasteiger partial charge in [0.05, 0.1) is 0 Å². The maximum absolute atomic E-state index is 12.0. The summed E-state index contributed by atoms with van der Waals surface area (Å²) in [4.78, 5) is 12.0. The molecule has 0 bridgehead atoms. The van der Waals surface area contributed by atoms with E-state index >= 15 is 0 Å². The van der Waals surface area contributed by atoms with E-state index in [0.29, 0.717) is 0 Å². The van der Waals surface area contributed by atoms with E-state index in [2.05, 4.69) is 31.3 Å². The summed E-state index contributed by atoms with van der Waals surface area (Å²) in [6.45, 7) is 10.0. The van der Waals surface area contributed by atoms with E-state index in [4.69, 9.17) is 0 Å². The van der Waals surface area contributed by atoms with Crippen LogP contribution >= 0.6 is 0 Å². The van der Waals surface area contributed by atoms with Crippen LogP contribution in [0.3, 0.4) is 0 Å². The molecule has 0 saturated carbocycles. The molecule has 2 rings (SSSR count). The molecule has 4 nitrogen and oxygen atoms in total. The topological polar surface area (TPSA) is 41.4 Å². The maximum Gasteiger partial charge on any atom is 0.269 e. The van der Waals surface area contributed by atoms with Gasteiger partial charge in [-0.3, -0.25) is 4.79 Å². The van der Waals surface area contributed by atoms with Gasteiger partial charge in [0.1, 0.15) is 31.9 Å². The fraction of sp³-hybridized carbons (Fsp3) is 0.500. The highest BCUT2D eigenvalue weighted by Crippen LogP contribution is 2.22. The molecule has 3 N–H and O–H groups in total. The summed E-state index contributed by atoms with van der Waals surface area (Å²) in [5.74, 6) is 0.129. The third kappa shape index (κ3) is 4.09. The number of anilines is 1. The number of halogens is 2. The number of hydrogen-bond donors (Lipinski definition) is 2. The van der Waals surface area contributed by atoms with Crippen LogP contribution in [0.1, 0.15) is 18.1 Å². The molecule has 0 atom stereocenters. The van der Waals surface area contributed by atoms with Gasteiger partial charge in [0.2, 0.25) is 0 Å². The van der Waals surface area contributed by atoms with Crippen molar-refractivity contribution in [2.45, 2.75) is 20.8 Å². The van der Waals surface area contributed by atoms with Crippen molar-refractivity contribution in [2.75, 3.05) is 31.2 Å². The third-order valence-electron chi connectivity index (χ3n) is 3.57. The fourth-order valence-electron chi connectivity index (χ4n) is 2.73. The van der Waals surface area contributed by atoms with Crippen LogP contribution in [0, 0.1) is 13.8 Å². The number of nitrogens with zero attached hydrogens (tertiary/aromatic N) is 1. The van der Waals surface area contributed by atoms with Gasteiger partial charge in [-0.25, -0.2) is 5.01 Å². The zero-order valence-corrected chi connectivity index (χ0v) is 13.8. The van der Waals surface area contributed by atoms with E-state index in [0.717, 1.165) is 31.9 Å². The molecule has 1 heterocycles. The second kappa shape index (κ2) is 8.47. The van der Waals surface area contributed by atoms with Crippen molar-refractivity contribution in [1.82, 2.24) is 0 Å². The van der Waals surface area contributed by atoms with Gasteiger partial charge in [0, 0.05) is 6.92 Å². The number of quaternary nitrogens is 2. The minimum absolute atomic E-state index is 0. The molecule has 6 heteroatoms. The van der Waals surface area contributed by atoms with Gasteiger partial charge in [-0.1, -0.05) is 18.2 Å². The van der Waals surface area contributed by atoms with Gasteiger partial charge >= 0.3 is 0 Å². The molecule has 1 aliphatic heterocycles. The number of amides is 1. The van der Waals surface area contributed by atoms with E-state index in [1.165, 1.54) is 16.1 Å². The Labute approximate surface area is 133 Å². The van der Waals surface area contributed by atoms with Gasteiger partial charge < -0.3 is 30.1 Å². The summed E-state index contributed by atoms with van der Waals surface area (Å²) in [5, 5.41) is 5.52. The molecule has 0 aliphatic carbocycles. The Balaban J connectivity index is 0.00000180. The second-order valence-electron chi connectivity index (χ2n) is 5.03. The molecule has 114 valence electrons. The molecule has 0 unspecified atom stereocenters. The zero-order chi connectivity index (χ0) is 13.1. The SMILES string of the molecule is CC(=O)N(c1c(C)cccc1C)[NH+]1CC[NH2+]CC1.[Cl-].[Cl-]. The van der Waals surface area contributed by atoms with Crippen LogP contribution in [0.2, 0.25) is 0 Å². The smallest absolute Gasteiger partial charge is 0.269 e. The summed E-state index contributed by atoms with van der Waals surface area (Å²) < 4.78 is 0. The van der Waals surface area contributed by atoms with Crippen molar-refractivity contribution in [2.24, 2.45) is 0 Å². The molecule has 1 aromatic carbocycles. The number of aryl methyl sites for hydroxylation is 2. The molecule has 1 saturated heterocycles. The Bertz CT molecular complexity index is 428. The van der Waals surface area contributed by atoms with Crippen molar-refractivity contribution < 1.29 is 39.9 Å². The van der Waals surface area contributed by atoms with Crippen molar-refractivity contribution >= 4 is 11.6 Å². The van der Waals surface area contributed by atoms with Crippen molar-refractivity contribution in [1.29, 1.82) is 0 Å². The quantitative estimate of drug-likeness (QED) is 0.559. The standard InChI is InChI=1S/C14H21N3O.2ClH/c1-11-5-4-6-12(2)14(11)17(13(3)18)16-9-7-15-8-10-16;;/h4-6,15H,7-10H2,1-3H3;2*1H. The van der Waals surface area contributed by atoms with Crippen LogP contribution in [0.25, 0.3) is 0 Å². The van der Waals surface area contributed by atoms with Crippen LogP contribution in [0.4, 0.5) is 5.69 Å². The first kappa shape index (κ1) is 19.2. The van der Waals surface area contributed by atoms with Crippen molar-refractivity contribution in [3.8, 4) is 0 Å². The number of carbonyl (C=O) groups is 1. The van der Waals surface area contributed by atoms with Crippen LogP contribution in [0.15, 0.2) is 18.2 Å². The highest BCUT2D eigenvalue weighted by molar-refractivity contribution is 5.90. The zero-order valence-electron chi connectivity index (χ0n) is 12.2. The van der Waals surface area contributed by atoms with E-state index in [9.17, 15) is 4.79 Å². The van der Waals surface area contributed by atoms with Crippen LogP contribution < -0.4 is 40.1 Å². The number of hydrogen-bond acceptors (Lipinski definition) is 1. The van der Waals surface area contributed by atoms with Crippen molar-refractivity contribution in [3.63, 3.8) is 0 Å². The third-order valence-corrected chi connectivity index (χ3v) is 3.57. The first-order valence-corrected chi connectivity index (χ1v) is 6.64. The van der Waals surface area contributed by atoms with Crippen LogP contribution in [0.5, 0.6) is 0 Å². The van der Waals surface area contributed by atoms with E-state index < -0.39 is 0 Å². The molecule has 1 fully saturated rings. The maximum atomic E-state index is 12.0. The monoisotopic (exact) mass is 319 g/mol. The number of para-hydroxylation sites is 1. The summed E-state index contributed by atoms with van der Waals surface area (Å²) >= 11 is 0. The summed E-state index contributed by atoms with van der Waals surface area (Å²) in [6, 6.07) is 6.20. The van der Waals surface area contributed by atoms with Crippen molar-refractivity contribution in [3.05, 3.63) is 29.3 Å². The summed E-state index contributed by atoms with van der Waals surface area (Å²) in [5.41, 5.74) is 3.43. The van der Waals surface area contributed by atoms with E-state index in [-0.39, 0.29) is 30.7 Å². The normalized spacial score (nSPS) is 14.9. The summed E-state index contributed by atoms with van der Waals surface area (Å²) in [6.07, 6.45) is 0. The number of benzene rings is 1. The number of nitrogens with one attached hydrogen (secondary N) is 1. The minimum Gasteiger partial charge on any atom is -1.00 e. The van der Waals surface area contributed by atoms with Gasteiger partial charge in [-0.15, -0.1) is 0 Å². The lowest BCUT2D eigenvalue weighted by Crippen LogP contribution is -3.26. The van der Waals surface area contributed by atoms with Gasteiger partial charge in [0.15, 0.2) is 0 Å². The van der Waals surface area contributed by atoms with E-state index in [1.807, 2.05) is 11.1 Å². The Morgan fingerprint density at radius 3 is 2.10 bits per heavy atom. The molecule has 20 heavy (non-hydrogen) atoms. The predicted molar refractivity (Wildman–Crippen MR) is 71.4 cm³/mol. The largest absolute Gasteiger partial charge is 1.00 e. The Hall–Kier alpha value is -0.810. The number of rotatable bonds is 2. The lowest BCUT2D eigenvalue weighted by Gasteiger charge is -2.33. The molecule has 0 spiro atoms. The molecular formula is C14H23Cl2N3O. The Morgan fingerprint density at radius 2 is 1.65 bits per heavy atom.